The summed E-state index contributed by atoms with van der Waals surface area (Å²) in [7, 11) is 3.35. The monoisotopic (exact) mass is 278 g/mol. The number of piperazine rings is 1. The van der Waals surface area contributed by atoms with Gasteiger partial charge >= 0.3 is 0 Å². The maximum absolute atomic E-state index is 5.35. The van der Waals surface area contributed by atoms with Gasteiger partial charge in [0.2, 0.25) is 0 Å². The highest BCUT2D eigenvalue weighted by molar-refractivity contribution is 5.42. The van der Waals surface area contributed by atoms with E-state index < -0.39 is 0 Å². The van der Waals surface area contributed by atoms with Crippen molar-refractivity contribution in [3.8, 4) is 11.5 Å². The second-order valence-electron chi connectivity index (χ2n) is 5.30. The van der Waals surface area contributed by atoms with Crippen LogP contribution in [0.1, 0.15) is 18.9 Å². The molecule has 4 heteroatoms. The maximum Gasteiger partial charge on any atom is 0.160 e. The fraction of sp³-hybridized carbons (Fsp3) is 0.625. The van der Waals surface area contributed by atoms with Crippen LogP contribution in [0.15, 0.2) is 18.2 Å². The molecule has 4 nitrogen and oxygen atoms in total. The molecule has 1 aromatic rings. The molecule has 1 unspecified atom stereocenters. The SMILES string of the molecule is CCC1CN(CCc2ccc(OC)c(OC)c2)CCN1. The lowest BCUT2D eigenvalue weighted by Crippen LogP contribution is -2.50. The lowest BCUT2D eigenvalue weighted by atomic mass is 10.1. The number of ether oxygens (including phenoxy) is 2. The second kappa shape index (κ2) is 7.50. The molecule has 1 heterocycles. The van der Waals surface area contributed by atoms with E-state index in [2.05, 4.69) is 29.3 Å². The van der Waals surface area contributed by atoms with Crippen molar-refractivity contribution in [2.75, 3.05) is 40.4 Å². The van der Waals surface area contributed by atoms with Crippen LogP contribution in [0.4, 0.5) is 0 Å². The Bertz CT molecular complexity index is 423. The number of hydrogen-bond donors (Lipinski definition) is 1. The van der Waals surface area contributed by atoms with Crippen LogP contribution in [0.25, 0.3) is 0 Å². The molecule has 1 N–H and O–H groups in total. The van der Waals surface area contributed by atoms with E-state index in [9.17, 15) is 0 Å². The van der Waals surface area contributed by atoms with Gasteiger partial charge in [0, 0.05) is 32.2 Å². The molecule has 0 saturated carbocycles. The van der Waals surface area contributed by atoms with Gasteiger partial charge in [-0.05, 0) is 30.5 Å². The summed E-state index contributed by atoms with van der Waals surface area (Å²) >= 11 is 0. The molecular formula is C16H26N2O2. The summed E-state index contributed by atoms with van der Waals surface area (Å²) in [5, 5.41) is 3.55. The molecule has 0 spiro atoms. The number of nitrogens with one attached hydrogen (secondary N) is 1. The molecule has 1 fully saturated rings. The first kappa shape index (κ1) is 15.1. The summed E-state index contributed by atoms with van der Waals surface area (Å²) < 4.78 is 10.6. The normalized spacial score (nSPS) is 19.9. The molecule has 2 rings (SSSR count). The van der Waals surface area contributed by atoms with Gasteiger partial charge in [-0.15, -0.1) is 0 Å². The summed E-state index contributed by atoms with van der Waals surface area (Å²) in [6, 6.07) is 6.84. The van der Waals surface area contributed by atoms with Gasteiger partial charge in [0.1, 0.15) is 0 Å². The minimum Gasteiger partial charge on any atom is -0.493 e. The molecule has 0 aliphatic carbocycles. The quantitative estimate of drug-likeness (QED) is 0.862. The smallest absolute Gasteiger partial charge is 0.160 e. The molecule has 0 radical (unpaired) electrons. The van der Waals surface area contributed by atoms with Gasteiger partial charge < -0.3 is 19.7 Å². The zero-order chi connectivity index (χ0) is 14.4. The fourth-order valence-electron chi connectivity index (χ4n) is 2.69. The van der Waals surface area contributed by atoms with Crippen molar-refractivity contribution in [3.63, 3.8) is 0 Å². The molecule has 20 heavy (non-hydrogen) atoms. The maximum atomic E-state index is 5.35. The Morgan fingerprint density at radius 2 is 2.05 bits per heavy atom. The van der Waals surface area contributed by atoms with Crippen molar-refractivity contribution in [1.29, 1.82) is 0 Å². The van der Waals surface area contributed by atoms with E-state index in [1.165, 1.54) is 12.0 Å². The highest BCUT2D eigenvalue weighted by Crippen LogP contribution is 2.27. The van der Waals surface area contributed by atoms with Crippen LogP contribution in [0.5, 0.6) is 11.5 Å². The summed E-state index contributed by atoms with van der Waals surface area (Å²) in [6.45, 7) is 6.75. The van der Waals surface area contributed by atoms with E-state index in [-0.39, 0.29) is 0 Å². The van der Waals surface area contributed by atoms with Gasteiger partial charge in [-0.1, -0.05) is 13.0 Å². The van der Waals surface area contributed by atoms with Crippen molar-refractivity contribution in [2.45, 2.75) is 25.8 Å². The van der Waals surface area contributed by atoms with Gasteiger partial charge in [0.15, 0.2) is 11.5 Å². The van der Waals surface area contributed by atoms with Crippen molar-refractivity contribution >= 4 is 0 Å². The van der Waals surface area contributed by atoms with Crippen LogP contribution in [-0.4, -0.2) is 51.3 Å². The van der Waals surface area contributed by atoms with Crippen LogP contribution in [0.3, 0.4) is 0 Å². The predicted molar refractivity (Wildman–Crippen MR) is 81.8 cm³/mol. The molecule has 0 amide bonds. The van der Waals surface area contributed by atoms with Gasteiger partial charge in [-0.2, -0.15) is 0 Å². The Morgan fingerprint density at radius 1 is 1.25 bits per heavy atom. The zero-order valence-corrected chi connectivity index (χ0v) is 12.8. The summed E-state index contributed by atoms with van der Waals surface area (Å²) in [4.78, 5) is 2.54. The molecule has 1 aromatic carbocycles. The van der Waals surface area contributed by atoms with Gasteiger partial charge in [-0.25, -0.2) is 0 Å². The van der Waals surface area contributed by atoms with E-state index in [1.54, 1.807) is 14.2 Å². The fourth-order valence-corrected chi connectivity index (χ4v) is 2.69. The highest BCUT2D eigenvalue weighted by atomic mass is 16.5. The Kier molecular flexibility index (Phi) is 5.68. The molecule has 1 aliphatic heterocycles. The number of benzene rings is 1. The topological polar surface area (TPSA) is 33.7 Å². The lowest BCUT2D eigenvalue weighted by Gasteiger charge is -2.33. The van der Waals surface area contributed by atoms with Gasteiger partial charge in [0.25, 0.3) is 0 Å². The minimum absolute atomic E-state index is 0.647. The van der Waals surface area contributed by atoms with Gasteiger partial charge in [-0.3, -0.25) is 0 Å². The third kappa shape index (κ3) is 3.87. The largest absolute Gasteiger partial charge is 0.493 e. The molecule has 1 aliphatic rings. The van der Waals surface area contributed by atoms with E-state index in [0.29, 0.717) is 6.04 Å². The molecule has 1 saturated heterocycles. The summed E-state index contributed by atoms with van der Waals surface area (Å²) in [5.74, 6) is 1.61. The van der Waals surface area contributed by atoms with Crippen LogP contribution >= 0.6 is 0 Å². The minimum atomic E-state index is 0.647. The summed E-state index contributed by atoms with van der Waals surface area (Å²) in [6.07, 6.45) is 2.25. The predicted octanol–water partition coefficient (Wildman–Crippen LogP) is 1.93. The van der Waals surface area contributed by atoms with E-state index in [0.717, 1.165) is 44.1 Å². The number of hydrogen-bond acceptors (Lipinski definition) is 4. The van der Waals surface area contributed by atoms with E-state index in [4.69, 9.17) is 9.47 Å². The Labute approximate surface area is 122 Å². The first-order chi connectivity index (χ1) is 9.76. The van der Waals surface area contributed by atoms with Gasteiger partial charge in [0.05, 0.1) is 14.2 Å². The van der Waals surface area contributed by atoms with Crippen molar-refractivity contribution in [1.82, 2.24) is 10.2 Å². The standard InChI is InChI=1S/C16H26N2O2/c1-4-14-12-18(10-8-17-14)9-7-13-5-6-15(19-2)16(11-13)20-3/h5-6,11,14,17H,4,7-10,12H2,1-3H3. The third-order valence-corrected chi connectivity index (χ3v) is 4.00. The van der Waals surface area contributed by atoms with Crippen molar-refractivity contribution < 1.29 is 9.47 Å². The molecular weight excluding hydrogens is 252 g/mol. The van der Waals surface area contributed by atoms with Crippen LogP contribution < -0.4 is 14.8 Å². The lowest BCUT2D eigenvalue weighted by molar-refractivity contribution is 0.199. The number of nitrogens with zero attached hydrogens (tertiary/aromatic N) is 1. The first-order valence-corrected chi connectivity index (χ1v) is 7.43. The molecule has 0 bridgehead atoms. The number of methoxy groups -OCH3 is 2. The van der Waals surface area contributed by atoms with Crippen molar-refractivity contribution in [3.05, 3.63) is 23.8 Å². The second-order valence-corrected chi connectivity index (χ2v) is 5.30. The van der Waals surface area contributed by atoms with E-state index in [1.807, 2.05) is 6.07 Å². The Morgan fingerprint density at radius 3 is 2.75 bits per heavy atom. The molecule has 0 aromatic heterocycles. The first-order valence-electron chi connectivity index (χ1n) is 7.43. The van der Waals surface area contributed by atoms with Crippen LogP contribution in [-0.2, 0) is 6.42 Å². The average molecular weight is 278 g/mol. The Hall–Kier alpha value is -1.26. The van der Waals surface area contributed by atoms with Crippen LogP contribution in [0, 0.1) is 0 Å². The molecule has 112 valence electrons. The Balaban J connectivity index is 1.90. The van der Waals surface area contributed by atoms with Crippen molar-refractivity contribution in [2.24, 2.45) is 0 Å². The third-order valence-electron chi connectivity index (χ3n) is 4.00. The van der Waals surface area contributed by atoms with Crippen LogP contribution in [0.2, 0.25) is 0 Å². The summed E-state index contributed by atoms with van der Waals surface area (Å²) in [5.41, 5.74) is 1.30. The number of rotatable bonds is 6. The zero-order valence-electron chi connectivity index (χ0n) is 12.8. The molecule has 1 atom stereocenters. The van der Waals surface area contributed by atoms with E-state index >= 15 is 0 Å². The highest BCUT2D eigenvalue weighted by Gasteiger charge is 2.17. The average Bonchev–Trinajstić information content (AvgIpc) is 2.52.